The highest BCUT2D eigenvalue weighted by molar-refractivity contribution is 6.00. The number of hydrogen-bond acceptors (Lipinski definition) is 6. The molecule has 188 valence electrons. The normalized spacial score (nSPS) is 14.9. The van der Waals surface area contributed by atoms with Crippen molar-refractivity contribution < 1.29 is 9.53 Å². The minimum absolute atomic E-state index is 0.220. The first kappa shape index (κ1) is 24.7. The maximum Gasteiger partial charge on any atom is 0.318 e. The molecule has 5 rings (SSSR count). The van der Waals surface area contributed by atoms with E-state index in [2.05, 4.69) is 40.2 Å². The first-order valence-electron chi connectivity index (χ1n) is 12.2. The van der Waals surface area contributed by atoms with Gasteiger partial charge in [-0.15, -0.1) is 4.91 Å². The molecule has 0 radical (unpaired) electrons. The highest BCUT2D eigenvalue weighted by Crippen LogP contribution is 2.45. The average Bonchev–Trinajstić information content (AvgIpc) is 2.90. The van der Waals surface area contributed by atoms with Crippen molar-refractivity contribution in [3.63, 3.8) is 0 Å². The number of para-hydroxylation sites is 1. The van der Waals surface area contributed by atoms with Crippen LogP contribution in [0.2, 0.25) is 0 Å². The molecule has 38 heavy (non-hydrogen) atoms. The zero-order valence-electron chi connectivity index (χ0n) is 21.4. The van der Waals surface area contributed by atoms with Crippen molar-refractivity contribution in [3.05, 3.63) is 123 Å². The van der Waals surface area contributed by atoms with Gasteiger partial charge < -0.3 is 15.0 Å². The maximum absolute atomic E-state index is 12.1. The Morgan fingerprint density at radius 3 is 2.66 bits per heavy atom. The second kappa shape index (κ2) is 9.83. The van der Waals surface area contributed by atoms with Gasteiger partial charge in [-0.1, -0.05) is 30.8 Å². The number of nitrogens with one attached hydrogen (secondary N) is 1. The number of amides is 1. The van der Waals surface area contributed by atoms with Crippen LogP contribution in [0.25, 0.3) is 5.57 Å². The van der Waals surface area contributed by atoms with Gasteiger partial charge in [-0.2, -0.15) is 5.26 Å². The van der Waals surface area contributed by atoms with Gasteiger partial charge in [0.25, 0.3) is 0 Å². The Labute approximate surface area is 221 Å². The minimum atomic E-state index is -0.821. The number of aryl methyl sites for hydroxylation is 1. The predicted octanol–water partition coefficient (Wildman–Crippen LogP) is 7.03. The first-order valence-corrected chi connectivity index (χ1v) is 12.2. The molecule has 0 fully saturated rings. The predicted molar refractivity (Wildman–Crippen MR) is 149 cm³/mol. The highest BCUT2D eigenvalue weighted by Gasteiger charge is 2.31. The van der Waals surface area contributed by atoms with E-state index in [4.69, 9.17) is 4.74 Å². The van der Waals surface area contributed by atoms with E-state index in [0.29, 0.717) is 23.5 Å². The van der Waals surface area contributed by atoms with Crippen molar-refractivity contribution in [1.82, 2.24) is 0 Å². The summed E-state index contributed by atoms with van der Waals surface area (Å²) in [4.78, 5) is 25.0. The number of nitroso groups, excluding NO2 is 1. The number of anilines is 2. The van der Waals surface area contributed by atoms with Crippen LogP contribution in [0.4, 0.5) is 11.4 Å². The van der Waals surface area contributed by atoms with E-state index >= 15 is 0 Å². The quantitative estimate of drug-likeness (QED) is 0.364. The fourth-order valence-electron chi connectivity index (χ4n) is 4.84. The summed E-state index contributed by atoms with van der Waals surface area (Å²) >= 11 is 0. The van der Waals surface area contributed by atoms with Crippen molar-refractivity contribution in [1.29, 1.82) is 5.26 Å². The number of allylic oxidation sites excluding steroid dienone is 2. The second-order valence-electron chi connectivity index (χ2n) is 9.52. The zero-order chi connectivity index (χ0) is 27.0. The number of hydrogen-bond donors (Lipinski definition) is 1. The van der Waals surface area contributed by atoms with Gasteiger partial charge in [-0.3, -0.25) is 4.79 Å². The number of fused-ring (bicyclic) bond motifs is 1. The molecule has 2 heterocycles. The molecular formula is C31H26N4O3. The van der Waals surface area contributed by atoms with Crippen LogP contribution >= 0.6 is 0 Å². The van der Waals surface area contributed by atoms with Crippen LogP contribution in [-0.4, -0.2) is 12.5 Å². The number of benzene rings is 3. The van der Waals surface area contributed by atoms with E-state index < -0.39 is 5.91 Å². The largest absolute Gasteiger partial charge is 0.456 e. The summed E-state index contributed by atoms with van der Waals surface area (Å²) in [6.45, 7) is 11.0. The van der Waals surface area contributed by atoms with E-state index in [1.807, 2.05) is 45.2 Å². The molecule has 2 aliphatic rings. The van der Waals surface area contributed by atoms with Gasteiger partial charge in [0.05, 0.1) is 29.8 Å². The van der Waals surface area contributed by atoms with Gasteiger partial charge in [-0.05, 0) is 73.9 Å². The minimum Gasteiger partial charge on any atom is -0.456 e. The van der Waals surface area contributed by atoms with Crippen LogP contribution in [0.5, 0.6) is 5.75 Å². The van der Waals surface area contributed by atoms with E-state index in [-0.39, 0.29) is 11.6 Å². The van der Waals surface area contributed by atoms with Crippen LogP contribution < -0.4 is 15.0 Å². The lowest BCUT2D eigenvalue weighted by Crippen LogP contribution is -2.32. The smallest absolute Gasteiger partial charge is 0.318 e. The Morgan fingerprint density at radius 2 is 1.92 bits per heavy atom. The van der Waals surface area contributed by atoms with Crippen LogP contribution in [-0.2, 0) is 0 Å². The van der Waals surface area contributed by atoms with Gasteiger partial charge in [0.2, 0.25) is 0 Å². The third-order valence-corrected chi connectivity index (χ3v) is 6.91. The average molecular weight is 503 g/mol. The molecule has 1 amide bonds. The lowest BCUT2D eigenvalue weighted by atomic mass is 9.88. The number of nitrogens with zero attached hydrogens (tertiary/aromatic N) is 3. The summed E-state index contributed by atoms with van der Waals surface area (Å²) in [6.07, 6.45) is 2.03. The van der Waals surface area contributed by atoms with E-state index in [9.17, 15) is 15.0 Å². The maximum atomic E-state index is 12.1. The number of carbonyl (C=O) groups is 1. The lowest BCUT2D eigenvalue weighted by molar-refractivity contribution is 0.100. The molecule has 7 nitrogen and oxygen atoms in total. The summed E-state index contributed by atoms with van der Waals surface area (Å²) in [6, 6.07) is 20.4. The standard InChI is InChI=1S/C31H26N4O3/c1-18-12-26-19(2)20(3)29(23-16-35(17-23)24-9-7-8-22(14-24)15-32)38-30(26)27(13-18)21(4)33-28-11-6-5-10-25(28)31(36)34-37/h5-14,16,21,33H,2,17H2,1,3-4H3. The monoisotopic (exact) mass is 502 g/mol. The van der Waals surface area contributed by atoms with E-state index in [1.165, 1.54) is 0 Å². The topological polar surface area (TPSA) is 94.8 Å². The number of rotatable bonds is 6. The van der Waals surface area contributed by atoms with Gasteiger partial charge in [-0.25, -0.2) is 0 Å². The third kappa shape index (κ3) is 4.37. The second-order valence-corrected chi connectivity index (χ2v) is 9.52. The summed E-state index contributed by atoms with van der Waals surface area (Å²) in [5, 5.41) is 15.2. The Kier molecular flexibility index (Phi) is 6.39. The number of nitriles is 1. The van der Waals surface area contributed by atoms with Gasteiger partial charge in [0.1, 0.15) is 11.5 Å². The SMILES string of the molecule is C=C1C(C)=C(C2=CN(c3cccc(C#N)c3)C2)Oc2c1cc(C)cc2C(C)Nc1ccccc1C(=O)N=O. The summed E-state index contributed by atoms with van der Waals surface area (Å²) in [5.41, 5.74) is 8.10. The fraction of sp³-hybridized carbons (Fsp3) is 0.161. The molecule has 0 aromatic heterocycles. The molecule has 1 atom stereocenters. The molecule has 0 saturated heterocycles. The molecule has 0 saturated carbocycles. The number of carbonyl (C=O) groups excluding carboxylic acids is 1. The van der Waals surface area contributed by atoms with Crippen LogP contribution in [0.15, 0.2) is 95.5 Å². The summed E-state index contributed by atoms with van der Waals surface area (Å²) < 4.78 is 6.59. The molecule has 1 unspecified atom stereocenters. The molecule has 7 heteroatoms. The molecule has 0 aliphatic carbocycles. The molecule has 3 aromatic rings. The van der Waals surface area contributed by atoms with Gasteiger partial charge >= 0.3 is 5.91 Å². The Bertz CT molecular complexity index is 1610. The molecule has 0 bridgehead atoms. The van der Waals surface area contributed by atoms with Crippen molar-refractivity contribution in [2.45, 2.75) is 26.8 Å². The summed E-state index contributed by atoms with van der Waals surface area (Å²) in [7, 11) is 0. The molecule has 0 spiro atoms. The molecular weight excluding hydrogens is 476 g/mol. The molecule has 3 aromatic carbocycles. The van der Waals surface area contributed by atoms with Gasteiger partial charge in [0.15, 0.2) is 0 Å². The van der Waals surface area contributed by atoms with Gasteiger partial charge in [0, 0.05) is 39.5 Å². The lowest BCUT2D eigenvalue weighted by Gasteiger charge is -2.36. The van der Waals surface area contributed by atoms with Crippen LogP contribution in [0, 0.1) is 23.2 Å². The number of ether oxygens (including phenoxy) is 1. The zero-order valence-corrected chi connectivity index (χ0v) is 21.4. The molecule has 2 aliphatic heterocycles. The van der Waals surface area contributed by atoms with Crippen molar-refractivity contribution in [2.75, 3.05) is 16.8 Å². The van der Waals surface area contributed by atoms with Crippen LogP contribution in [0.1, 0.15) is 52.5 Å². The third-order valence-electron chi connectivity index (χ3n) is 6.91. The Balaban J connectivity index is 1.47. The highest BCUT2D eigenvalue weighted by atomic mass is 16.5. The fourth-order valence-corrected chi connectivity index (χ4v) is 4.84. The van der Waals surface area contributed by atoms with Crippen molar-refractivity contribution >= 4 is 22.9 Å². The molecule has 1 N–H and O–H groups in total. The summed E-state index contributed by atoms with van der Waals surface area (Å²) in [5.74, 6) is 0.663. The Morgan fingerprint density at radius 1 is 1.16 bits per heavy atom. The van der Waals surface area contributed by atoms with Crippen molar-refractivity contribution in [2.24, 2.45) is 5.18 Å². The van der Waals surface area contributed by atoms with E-state index in [0.717, 1.165) is 44.9 Å². The van der Waals surface area contributed by atoms with E-state index in [1.54, 1.807) is 30.3 Å². The first-order chi connectivity index (χ1) is 18.3. The van der Waals surface area contributed by atoms with Crippen LogP contribution in [0.3, 0.4) is 0 Å². The Hall–Kier alpha value is -4.96. The van der Waals surface area contributed by atoms with Crippen molar-refractivity contribution in [3.8, 4) is 11.8 Å².